The van der Waals surface area contributed by atoms with Gasteiger partial charge in [0.05, 0.1) is 10.0 Å². The van der Waals surface area contributed by atoms with Gasteiger partial charge in [-0.3, -0.25) is 4.79 Å². The van der Waals surface area contributed by atoms with Crippen LogP contribution < -0.4 is 5.32 Å². The summed E-state index contributed by atoms with van der Waals surface area (Å²) in [6.45, 7) is 0. The molecule has 1 amide bonds. The molecule has 2 aromatic carbocycles. The molecule has 0 bridgehead atoms. The lowest BCUT2D eigenvalue weighted by molar-refractivity contribution is -0.112. The molecule has 0 aliphatic heterocycles. The molecule has 4 nitrogen and oxygen atoms in total. The summed E-state index contributed by atoms with van der Waals surface area (Å²) in [5.41, 5.74) is -0.0565. The van der Waals surface area contributed by atoms with E-state index in [4.69, 9.17) is 28.5 Å². The number of benzene rings is 2. The zero-order valence-corrected chi connectivity index (χ0v) is 13.0. The summed E-state index contributed by atoms with van der Waals surface area (Å²) in [5, 5.41) is 22.1. The molecule has 0 fully saturated rings. The third-order valence-corrected chi connectivity index (χ3v) is 3.61. The molecule has 2 aromatic rings. The molecule has 0 saturated heterocycles. The smallest absolute Gasteiger partial charge is 0.270 e. The number of carbonyl (C=O) groups excluding carboxylic acids is 1. The van der Waals surface area contributed by atoms with Crippen molar-refractivity contribution in [1.82, 2.24) is 0 Å². The van der Waals surface area contributed by atoms with Crippen LogP contribution >= 0.6 is 23.2 Å². The van der Waals surface area contributed by atoms with Gasteiger partial charge in [-0.25, -0.2) is 4.39 Å². The van der Waals surface area contributed by atoms with Crippen LogP contribution in [-0.4, -0.2) is 11.0 Å². The molecule has 23 heavy (non-hydrogen) atoms. The number of hydrogen-bond acceptors (Lipinski definition) is 3. The van der Waals surface area contributed by atoms with Crippen LogP contribution in [-0.2, 0) is 4.79 Å². The van der Waals surface area contributed by atoms with Gasteiger partial charge in [0, 0.05) is 11.3 Å². The highest BCUT2D eigenvalue weighted by Crippen LogP contribution is 2.25. The first-order chi connectivity index (χ1) is 10.9. The average molecular weight is 351 g/mol. The minimum absolute atomic E-state index is 0.146. The molecule has 0 radical (unpaired) electrons. The minimum Gasteiger partial charge on any atom is -0.506 e. The number of nitrogens with one attached hydrogen (secondary N) is 1. The lowest BCUT2D eigenvalue weighted by atomic mass is 10.1. The number of anilines is 1. The number of carbonyl (C=O) groups is 1. The van der Waals surface area contributed by atoms with Gasteiger partial charge >= 0.3 is 0 Å². The zero-order valence-electron chi connectivity index (χ0n) is 11.5. The van der Waals surface area contributed by atoms with Crippen molar-refractivity contribution >= 4 is 40.6 Å². The molecule has 2 rings (SSSR count). The van der Waals surface area contributed by atoms with E-state index < -0.39 is 23.1 Å². The number of aliphatic hydroxyl groups excluding tert-OH is 1. The second-order valence-electron chi connectivity index (χ2n) is 4.43. The summed E-state index contributed by atoms with van der Waals surface area (Å²) in [4.78, 5) is 12.1. The van der Waals surface area contributed by atoms with Gasteiger partial charge in [-0.15, -0.1) is 0 Å². The summed E-state index contributed by atoms with van der Waals surface area (Å²) in [5.74, 6) is -1.88. The summed E-state index contributed by atoms with van der Waals surface area (Å²) < 4.78 is 12.9. The third kappa shape index (κ3) is 4.01. The van der Waals surface area contributed by atoms with Crippen LogP contribution in [0.1, 0.15) is 5.56 Å². The molecule has 7 heteroatoms. The fourth-order valence-corrected chi connectivity index (χ4v) is 2.03. The van der Waals surface area contributed by atoms with Gasteiger partial charge in [-0.1, -0.05) is 23.2 Å². The summed E-state index contributed by atoms with van der Waals surface area (Å²) in [6.07, 6.45) is 0. The number of hydrogen-bond donors (Lipinski definition) is 2. The Bertz CT molecular complexity index is 827. The van der Waals surface area contributed by atoms with Gasteiger partial charge in [0.25, 0.3) is 5.91 Å². The Hall–Kier alpha value is -2.55. The number of nitrogens with zero attached hydrogens (tertiary/aromatic N) is 1. The molecular weight excluding hydrogens is 342 g/mol. The van der Waals surface area contributed by atoms with Gasteiger partial charge in [0.2, 0.25) is 0 Å². The first-order valence-corrected chi connectivity index (χ1v) is 7.03. The maximum absolute atomic E-state index is 12.9. The van der Waals surface area contributed by atoms with E-state index in [9.17, 15) is 14.3 Å². The second kappa shape index (κ2) is 7.14. The highest BCUT2D eigenvalue weighted by Gasteiger charge is 2.17. The molecule has 0 atom stereocenters. The zero-order chi connectivity index (χ0) is 17.0. The van der Waals surface area contributed by atoms with E-state index in [1.165, 1.54) is 30.3 Å². The lowest BCUT2D eigenvalue weighted by Crippen LogP contribution is -2.15. The first-order valence-electron chi connectivity index (χ1n) is 6.28. The highest BCUT2D eigenvalue weighted by atomic mass is 35.5. The van der Waals surface area contributed by atoms with Crippen molar-refractivity contribution in [1.29, 1.82) is 5.26 Å². The van der Waals surface area contributed by atoms with Crippen molar-refractivity contribution in [3.8, 4) is 6.07 Å². The lowest BCUT2D eigenvalue weighted by Gasteiger charge is -2.07. The Morgan fingerprint density at radius 3 is 2.35 bits per heavy atom. The summed E-state index contributed by atoms with van der Waals surface area (Å²) in [7, 11) is 0. The van der Waals surface area contributed by atoms with E-state index in [2.05, 4.69) is 5.32 Å². The summed E-state index contributed by atoms with van der Waals surface area (Å²) in [6, 6.07) is 10.7. The normalized spacial score (nSPS) is 11.4. The van der Waals surface area contributed by atoms with Crippen molar-refractivity contribution in [2.45, 2.75) is 0 Å². The van der Waals surface area contributed by atoms with Gasteiger partial charge < -0.3 is 10.4 Å². The molecule has 2 N–H and O–H groups in total. The van der Waals surface area contributed by atoms with Gasteiger partial charge in [-0.2, -0.15) is 5.26 Å². The predicted molar refractivity (Wildman–Crippen MR) is 86.7 cm³/mol. The molecule has 0 aliphatic carbocycles. The number of aliphatic hydroxyl groups is 1. The van der Waals surface area contributed by atoms with Crippen molar-refractivity contribution in [3.63, 3.8) is 0 Å². The number of halogens is 3. The van der Waals surface area contributed by atoms with Crippen LogP contribution in [0.2, 0.25) is 10.0 Å². The van der Waals surface area contributed by atoms with E-state index >= 15 is 0 Å². The van der Waals surface area contributed by atoms with Crippen LogP contribution in [0, 0.1) is 17.1 Å². The van der Waals surface area contributed by atoms with E-state index in [1.54, 1.807) is 6.07 Å². The predicted octanol–water partition coefficient (Wildman–Crippen LogP) is 4.56. The average Bonchev–Trinajstić information content (AvgIpc) is 2.52. The molecule has 0 unspecified atom stereocenters. The highest BCUT2D eigenvalue weighted by molar-refractivity contribution is 6.42. The van der Waals surface area contributed by atoms with Gasteiger partial charge in [-0.05, 0) is 42.5 Å². The van der Waals surface area contributed by atoms with Gasteiger partial charge in [0.1, 0.15) is 17.6 Å². The quantitative estimate of drug-likeness (QED) is 0.484. The van der Waals surface area contributed by atoms with Crippen molar-refractivity contribution in [2.24, 2.45) is 0 Å². The Kier molecular flexibility index (Phi) is 5.22. The van der Waals surface area contributed by atoms with Crippen molar-refractivity contribution in [3.05, 3.63) is 69.5 Å². The molecule has 116 valence electrons. The number of amides is 1. The maximum Gasteiger partial charge on any atom is 0.270 e. The van der Waals surface area contributed by atoms with Crippen LogP contribution in [0.15, 0.2) is 48.0 Å². The van der Waals surface area contributed by atoms with E-state index in [1.807, 2.05) is 0 Å². The molecule has 0 aliphatic rings. The van der Waals surface area contributed by atoms with E-state index in [-0.39, 0.29) is 10.6 Å². The molecule has 0 heterocycles. The van der Waals surface area contributed by atoms with E-state index in [0.717, 1.165) is 12.1 Å². The van der Waals surface area contributed by atoms with Crippen LogP contribution in [0.4, 0.5) is 10.1 Å². The SMILES string of the molecule is N#C/C(C(=O)Nc1ccc(Cl)c(Cl)c1)=C(/O)c1ccc(F)cc1. The fraction of sp³-hybridized carbons (Fsp3) is 0. The Morgan fingerprint density at radius 2 is 1.78 bits per heavy atom. The largest absolute Gasteiger partial charge is 0.506 e. The number of nitriles is 1. The first kappa shape index (κ1) is 16.8. The van der Waals surface area contributed by atoms with E-state index in [0.29, 0.717) is 10.7 Å². The Morgan fingerprint density at radius 1 is 1.13 bits per heavy atom. The van der Waals surface area contributed by atoms with Crippen LogP contribution in [0.3, 0.4) is 0 Å². The fourth-order valence-electron chi connectivity index (χ4n) is 1.73. The third-order valence-electron chi connectivity index (χ3n) is 2.87. The number of rotatable bonds is 3. The van der Waals surface area contributed by atoms with Gasteiger partial charge in [0.15, 0.2) is 5.57 Å². The Labute approximate surface area is 141 Å². The maximum atomic E-state index is 12.9. The van der Waals surface area contributed by atoms with Crippen LogP contribution in [0.25, 0.3) is 5.76 Å². The monoisotopic (exact) mass is 350 g/mol. The summed E-state index contributed by atoms with van der Waals surface area (Å²) >= 11 is 11.6. The molecule has 0 spiro atoms. The minimum atomic E-state index is -0.826. The van der Waals surface area contributed by atoms with Crippen molar-refractivity contribution in [2.75, 3.05) is 5.32 Å². The molecule has 0 aromatic heterocycles. The molecular formula is C16H9Cl2FN2O2. The Balaban J connectivity index is 2.30. The van der Waals surface area contributed by atoms with Crippen LogP contribution in [0.5, 0.6) is 0 Å². The second-order valence-corrected chi connectivity index (χ2v) is 5.24. The topological polar surface area (TPSA) is 73.1 Å². The van der Waals surface area contributed by atoms with Crippen molar-refractivity contribution < 1.29 is 14.3 Å². The standard InChI is InChI=1S/C16H9Cl2FN2O2/c17-13-6-5-11(7-14(13)18)21-16(23)12(8-20)15(22)9-1-3-10(19)4-2-9/h1-7,22H,(H,21,23)/b15-12-. The molecule has 0 saturated carbocycles.